The van der Waals surface area contributed by atoms with Crippen molar-refractivity contribution in [2.24, 2.45) is 11.7 Å². The van der Waals surface area contributed by atoms with E-state index in [2.05, 4.69) is 15.4 Å². The summed E-state index contributed by atoms with van der Waals surface area (Å²) < 4.78 is 29.8. The first-order chi connectivity index (χ1) is 15.3. The Hall–Kier alpha value is -3.11. The van der Waals surface area contributed by atoms with Crippen LogP contribution in [0.4, 0.5) is 8.78 Å². The molecule has 1 unspecified atom stereocenters. The number of alkyl halides is 2. The molecule has 170 valence electrons. The monoisotopic (exact) mass is 446 g/mol. The van der Waals surface area contributed by atoms with Gasteiger partial charge in [0.2, 0.25) is 11.8 Å². The number of nitrogens with zero attached hydrogens (tertiary/aromatic N) is 4. The first-order valence-electron chi connectivity index (χ1n) is 10.9. The predicted molar refractivity (Wildman–Crippen MR) is 109 cm³/mol. The topological polar surface area (TPSA) is 123 Å². The van der Waals surface area contributed by atoms with Crippen LogP contribution in [0.2, 0.25) is 0 Å². The molecule has 1 aliphatic heterocycles. The maximum absolute atomic E-state index is 14.2. The van der Waals surface area contributed by atoms with Crippen molar-refractivity contribution >= 4 is 28.6 Å². The quantitative estimate of drug-likeness (QED) is 0.715. The van der Waals surface area contributed by atoms with Gasteiger partial charge in [0, 0.05) is 24.0 Å². The second-order valence-electron chi connectivity index (χ2n) is 8.95. The zero-order valence-electron chi connectivity index (χ0n) is 17.3. The highest BCUT2D eigenvalue weighted by molar-refractivity contribution is 6.04. The van der Waals surface area contributed by atoms with E-state index in [1.165, 1.54) is 22.0 Å². The Bertz CT molecular complexity index is 1100. The molecule has 0 radical (unpaired) electrons. The molecule has 0 bridgehead atoms. The number of nitrogens with two attached hydrogens (primary N) is 1. The van der Waals surface area contributed by atoms with Crippen LogP contribution in [0.15, 0.2) is 18.5 Å². The Morgan fingerprint density at radius 3 is 2.81 bits per heavy atom. The van der Waals surface area contributed by atoms with Gasteiger partial charge in [-0.15, -0.1) is 0 Å². The minimum atomic E-state index is -2.93. The van der Waals surface area contributed by atoms with Crippen LogP contribution in [0, 0.1) is 5.92 Å². The fourth-order valence-electron chi connectivity index (χ4n) is 5.12. The van der Waals surface area contributed by atoms with Gasteiger partial charge < -0.3 is 16.0 Å². The second-order valence-corrected chi connectivity index (χ2v) is 8.95. The van der Waals surface area contributed by atoms with E-state index < -0.39 is 29.8 Å². The van der Waals surface area contributed by atoms with Gasteiger partial charge >= 0.3 is 0 Å². The molecule has 2 saturated carbocycles. The summed E-state index contributed by atoms with van der Waals surface area (Å²) in [5.41, 5.74) is 5.92. The molecular weight excluding hydrogens is 422 g/mol. The molecule has 32 heavy (non-hydrogen) atoms. The summed E-state index contributed by atoms with van der Waals surface area (Å²) in [6.45, 7) is -0.206. The predicted octanol–water partition coefficient (Wildman–Crippen LogP) is 1.21. The number of aromatic nitrogens is 3. The Kier molecular flexibility index (Phi) is 4.86. The zero-order chi connectivity index (χ0) is 22.6. The summed E-state index contributed by atoms with van der Waals surface area (Å²) in [5, 5.41) is 7.18. The van der Waals surface area contributed by atoms with Crippen LogP contribution in [0.5, 0.6) is 0 Å². The Labute approximate surface area is 182 Å². The molecule has 9 nitrogen and oxygen atoms in total. The lowest BCUT2D eigenvalue weighted by Gasteiger charge is -2.34. The number of primary amides is 1. The molecular formula is C21H24F2N6O3. The normalized spacial score (nSPS) is 28.4. The van der Waals surface area contributed by atoms with E-state index in [9.17, 15) is 23.2 Å². The maximum atomic E-state index is 14.2. The molecule has 3 heterocycles. The van der Waals surface area contributed by atoms with Crippen LogP contribution >= 0.6 is 0 Å². The number of hydrogen-bond donors (Lipinski definition) is 2. The van der Waals surface area contributed by atoms with Crippen molar-refractivity contribution in [1.82, 2.24) is 25.0 Å². The number of amides is 3. The molecule has 3 aliphatic rings. The number of carbonyl (C=O) groups is 3. The highest BCUT2D eigenvalue weighted by Crippen LogP contribution is 2.48. The summed E-state index contributed by atoms with van der Waals surface area (Å²) in [4.78, 5) is 43.4. The van der Waals surface area contributed by atoms with Crippen LogP contribution in [0.25, 0.3) is 10.9 Å². The molecule has 4 atom stereocenters. The summed E-state index contributed by atoms with van der Waals surface area (Å²) in [7, 11) is 0. The van der Waals surface area contributed by atoms with Crippen molar-refractivity contribution in [2.45, 2.75) is 69.1 Å². The number of nitrogens with one attached hydrogen (secondary N) is 1. The largest absolute Gasteiger partial charge is 0.364 e. The van der Waals surface area contributed by atoms with E-state index in [0.29, 0.717) is 30.2 Å². The SMILES string of the molecule is NC(=O)c1nn(CC(=O)N2[C@@H]3C[C@@H]3C[C@H]2C(=O)NC2CCCCC2(F)F)c2cnccc12. The second kappa shape index (κ2) is 7.49. The highest BCUT2D eigenvalue weighted by atomic mass is 19.3. The van der Waals surface area contributed by atoms with E-state index in [-0.39, 0.29) is 42.9 Å². The van der Waals surface area contributed by atoms with E-state index in [4.69, 9.17) is 5.73 Å². The van der Waals surface area contributed by atoms with Gasteiger partial charge in [-0.1, -0.05) is 6.42 Å². The van der Waals surface area contributed by atoms with Crippen LogP contribution in [0.1, 0.15) is 49.0 Å². The summed E-state index contributed by atoms with van der Waals surface area (Å²) in [6, 6.07) is -0.450. The number of fused-ring (bicyclic) bond motifs is 2. The smallest absolute Gasteiger partial charge is 0.269 e. The average molecular weight is 446 g/mol. The third-order valence-electron chi connectivity index (χ3n) is 6.85. The van der Waals surface area contributed by atoms with Crippen molar-refractivity contribution in [3.63, 3.8) is 0 Å². The fraction of sp³-hybridized carbons (Fsp3) is 0.571. The van der Waals surface area contributed by atoms with Crippen molar-refractivity contribution in [3.8, 4) is 0 Å². The van der Waals surface area contributed by atoms with E-state index >= 15 is 0 Å². The summed E-state index contributed by atoms with van der Waals surface area (Å²) in [6.07, 6.45) is 5.32. The molecule has 0 spiro atoms. The van der Waals surface area contributed by atoms with Crippen LogP contribution < -0.4 is 11.1 Å². The van der Waals surface area contributed by atoms with Crippen molar-refractivity contribution < 1.29 is 23.2 Å². The Morgan fingerprint density at radius 2 is 2.06 bits per heavy atom. The zero-order valence-corrected chi connectivity index (χ0v) is 17.3. The Morgan fingerprint density at radius 1 is 1.25 bits per heavy atom. The molecule has 3 N–H and O–H groups in total. The summed E-state index contributed by atoms with van der Waals surface area (Å²) in [5.74, 6) is -4.33. The maximum Gasteiger partial charge on any atom is 0.269 e. The number of piperidine rings is 1. The van der Waals surface area contributed by atoms with Gasteiger partial charge in [0.05, 0.1) is 17.8 Å². The van der Waals surface area contributed by atoms with Crippen molar-refractivity contribution in [2.75, 3.05) is 0 Å². The van der Waals surface area contributed by atoms with Gasteiger partial charge in [-0.2, -0.15) is 5.10 Å². The number of likely N-dealkylation sites (tertiary alicyclic amines) is 1. The van der Waals surface area contributed by atoms with Crippen LogP contribution in [0.3, 0.4) is 0 Å². The number of carbonyl (C=O) groups excluding carboxylic acids is 3. The van der Waals surface area contributed by atoms with Gasteiger partial charge in [-0.05, 0) is 37.7 Å². The van der Waals surface area contributed by atoms with E-state index in [1.807, 2.05) is 0 Å². The number of rotatable bonds is 5. The molecule has 3 amide bonds. The molecule has 5 rings (SSSR count). The minimum Gasteiger partial charge on any atom is -0.364 e. The van der Waals surface area contributed by atoms with Gasteiger partial charge in [0.25, 0.3) is 11.8 Å². The Balaban J connectivity index is 1.35. The van der Waals surface area contributed by atoms with Crippen molar-refractivity contribution in [1.29, 1.82) is 0 Å². The van der Waals surface area contributed by atoms with E-state index in [0.717, 1.165) is 6.42 Å². The molecule has 3 fully saturated rings. The molecule has 2 aliphatic carbocycles. The number of halogens is 2. The lowest BCUT2D eigenvalue weighted by Crippen LogP contribution is -2.55. The van der Waals surface area contributed by atoms with Gasteiger partial charge in [-0.3, -0.25) is 24.0 Å². The lowest BCUT2D eigenvalue weighted by molar-refractivity contribution is -0.142. The third-order valence-corrected chi connectivity index (χ3v) is 6.85. The highest BCUT2D eigenvalue weighted by Gasteiger charge is 2.56. The van der Waals surface area contributed by atoms with E-state index in [1.54, 1.807) is 6.07 Å². The number of pyridine rings is 1. The van der Waals surface area contributed by atoms with Crippen LogP contribution in [-0.2, 0) is 16.1 Å². The van der Waals surface area contributed by atoms with Crippen molar-refractivity contribution in [3.05, 3.63) is 24.2 Å². The van der Waals surface area contributed by atoms with Gasteiger partial charge in [-0.25, -0.2) is 8.78 Å². The van der Waals surface area contributed by atoms with Gasteiger partial charge in [0.15, 0.2) is 5.69 Å². The standard InChI is InChI=1S/C21H24F2N6O3/c22-21(23)5-2-1-3-16(21)26-20(32)14-8-11-7-13(11)29(14)17(30)10-28-15-9-25-6-4-12(15)18(27-28)19(24)31/h4,6,9,11,13-14,16H,1-3,5,7-8,10H2,(H2,24,31)(H,26,32)/t11-,13-,14+,16?/m1/s1. The van der Waals surface area contributed by atoms with Crippen LogP contribution in [-0.4, -0.2) is 61.4 Å². The first-order valence-corrected chi connectivity index (χ1v) is 10.9. The summed E-state index contributed by atoms with van der Waals surface area (Å²) >= 11 is 0. The number of hydrogen-bond acceptors (Lipinski definition) is 5. The fourth-order valence-corrected chi connectivity index (χ4v) is 5.12. The molecule has 2 aromatic rings. The minimum absolute atomic E-state index is 0.0368. The molecule has 11 heteroatoms. The third kappa shape index (κ3) is 3.49. The lowest BCUT2D eigenvalue weighted by atomic mass is 9.91. The molecule has 2 aromatic heterocycles. The average Bonchev–Trinajstić information content (AvgIpc) is 3.25. The van der Waals surface area contributed by atoms with Gasteiger partial charge in [0.1, 0.15) is 12.6 Å². The first kappa shape index (κ1) is 20.8. The molecule has 0 aromatic carbocycles. The molecule has 1 saturated heterocycles.